The summed E-state index contributed by atoms with van der Waals surface area (Å²) >= 11 is 0. The first-order chi connectivity index (χ1) is 11.8. The van der Waals surface area contributed by atoms with Gasteiger partial charge >= 0.3 is 0 Å². The van der Waals surface area contributed by atoms with Crippen molar-refractivity contribution in [2.75, 3.05) is 11.1 Å². The Morgan fingerprint density at radius 1 is 1.08 bits per heavy atom. The summed E-state index contributed by atoms with van der Waals surface area (Å²) in [4.78, 5) is 23.1. The number of carbonyl (C=O) groups is 2. The van der Waals surface area contributed by atoms with Crippen molar-refractivity contribution in [1.82, 2.24) is 0 Å². The van der Waals surface area contributed by atoms with Gasteiger partial charge in [0.15, 0.2) is 9.84 Å². The Hall–Kier alpha value is -2.67. The van der Waals surface area contributed by atoms with Gasteiger partial charge in [-0.3, -0.25) is 9.59 Å². The Morgan fingerprint density at radius 3 is 2.48 bits per heavy atom. The number of hydrogen-bond donors (Lipinski definition) is 2. The molecule has 0 bridgehead atoms. The molecular formula is C18H20N2O4S. The largest absolute Gasteiger partial charge is 0.366 e. The average Bonchev–Trinajstić information content (AvgIpc) is 2.55. The number of hydrogen-bond acceptors (Lipinski definition) is 4. The van der Waals surface area contributed by atoms with Crippen molar-refractivity contribution in [1.29, 1.82) is 0 Å². The number of sulfone groups is 1. The summed E-state index contributed by atoms with van der Waals surface area (Å²) in [6, 6.07) is 13.4. The molecule has 7 heteroatoms. The lowest BCUT2D eigenvalue weighted by Gasteiger charge is -2.09. The zero-order valence-electron chi connectivity index (χ0n) is 13.9. The Morgan fingerprint density at radius 2 is 1.80 bits per heavy atom. The van der Waals surface area contributed by atoms with Crippen LogP contribution in [0, 0.1) is 6.92 Å². The molecule has 0 spiro atoms. The molecule has 2 aromatic rings. The van der Waals surface area contributed by atoms with Crippen molar-refractivity contribution in [3.05, 3.63) is 65.2 Å². The predicted molar refractivity (Wildman–Crippen MR) is 96.9 cm³/mol. The Kier molecular flexibility index (Phi) is 5.93. The van der Waals surface area contributed by atoms with Crippen LogP contribution in [0.15, 0.2) is 48.5 Å². The molecule has 0 saturated carbocycles. The number of carbonyl (C=O) groups excluding carboxylic acids is 2. The van der Waals surface area contributed by atoms with Gasteiger partial charge in [0.2, 0.25) is 11.8 Å². The molecule has 132 valence electrons. The first-order valence-corrected chi connectivity index (χ1v) is 9.53. The molecule has 0 saturated heterocycles. The minimum atomic E-state index is -3.49. The van der Waals surface area contributed by atoms with E-state index in [0.717, 1.165) is 5.56 Å². The van der Waals surface area contributed by atoms with Gasteiger partial charge in [0.05, 0.1) is 11.5 Å². The third kappa shape index (κ3) is 5.72. The van der Waals surface area contributed by atoms with E-state index in [4.69, 9.17) is 5.73 Å². The normalized spacial score (nSPS) is 11.1. The van der Waals surface area contributed by atoms with Crippen LogP contribution in [0.25, 0.3) is 0 Å². The number of amides is 2. The van der Waals surface area contributed by atoms with Crippen LogP contribution < -0.4 is 11.1 Å². The molecule has 2 rings (SSSR count). The summed E-state index contributed by atoms with van der Waals surface area (Å²) < 4.78 is 24.4. The second kappa shape index (κ2) is 7.94. The van der Waals surface area contributed by atoms with E-state index in [1.54, 1.807) is 24.3 Å². The van der Waals surface area contributed by atoms with E-state index >= 15 is 0 Å². The fourth-order valence-corrected chi connectivity index (χ4v) is 3.64. The Labute approximate surface area is 147 Å². The van der Waals surface area contributed by atoms with E-state index in [2.05, 4.69) is 5.32 Å². The zero-order chi connectivity index (χ0) is 18.4. The van der Waals surface area contributed by atoms with Crippen molar-refractivity contribution in [3.8, 4) is 0 Å². The van der Waals surface area contributed by atoms with Crippen molar-refractivity contribution in [2.45, 2.75) is 19.1 Å². The lowest BCUT2D eigenvalue weighted by Crippen LogP contribution is -2.19. The van der Waals surface area contributed by atoms with Gasteiger partial charge in [0.25, 0.3) is 0 Å². The maximum atomic E-state index is 12.2. The lowest BCUT2D eigenvalue weighted by molar-refractivity contribution is -0.115. The Balaban J connectivity index is 1.95. The number of nitrogens with one attached hydrogen (secondary N) is 1. The number of primary amides is 1. The van der Waals surface area contributed by atoms with Gasteiger partial charge in [-0.15, -0.1) is 0 Å². The van der Waals surface area contributed by atoms with Gasteiger partial charge in [-0.2, -0.15) is 0 Å². The standard InChI is InChI=1S/C18H20N2O4S/c1-13-5-2-3-8-16(13)20-17(21)9-10-25(23,24)12-14-6-4-7-15(11-14)18(19)22/h2-8,11H,9-10,12H2,1H3,(H2,19,22)(H,20,21). The number of benzene rings is 2. The van der Waals surface area contributed by atoms with Crippen molar-refractivity contribution in [2.24, 2.45) is 5.73 Å². The van der Waals surface area contributed by atoms with E-state index < -0.39 is 15.7 Å². The molecule has 6 nitrogen and oxygen atoms in total. The monoisotopic (exact) mass is 360 g/mol. The molecule has 0 aromatic heterocycles. The highest BCUT2D eigenvalue weighted by molar-refractivity contribution is 7.90. The highest BCUT2D eigenvalue weighted by Crippen LogP contribution is 2.14. The molecule has 0 atom stereocenters. The molecule has 0 aliphatic heterocycles. The summed E-state index contributed by atoms with van der Waals surface area (Å²) in [6.07, 6.45) is -0.133. The first kappa shape index (κ1) is 18.7. The summed E-state index contributed by atoms with van der Waals surface area (Å²) in [7, 11) is -3.49. The molecule has 3 N–H and O–H groups in total. The number of para-hydroxylation sites is 1. The number of anilines is 1. The molecule has 2 amide bonds. The minimum Gasteiger partial charge on any atom is -0.366 e. The summed E-state index contributed by atoms with van der Waals surface area (Å²) in [5, 5.41) is 2.71. The van der Waals surface area contributed by atoms with Crippen LogP contribution in [0.4, 0.5) is 5.69 Å². The molecule has 0 heterocycles. The number of rotatable bonds is 7. The van der Waals surface area contributed by atoms with Gasteiger partial charge in [-0.25, -0.2) is 8.42 Å². The van der Waals surface area contributed by atoms with E-state index in [9.17, 15) is 18.0 Å². The van der Waals surface area contributed by atoms with E-state index in [1.807, 2.05) is 19.1 Å². The zero-order valence-corrected chi connectivity index (χ0v) is 14.7. The SMILES string of the molecule is Cc1ccccc1NC(=O)CCS(=O)(=O)Cc1cccc(C(N)=O)c1. The molecule has 0 aliphatic rings. The lowest BCUT2D eigenvalue weighted by atomic mass is 10.1. The Bertz CT molecular complexity index is 891. The van der Waals surface area contributed by atoms with Crippen LogP contribution in [0.2, 0.25) is 0 Å². The van der Waals surface area contributed by atoms with Crippen molar-refractivity contribution in [3.63, 3.8) is 0 Å². The van der Waals surface area contributed by atoms with Gasteiger partial charge in [-0.1, -0.05) is 30.3 Å². The van der Waals surface area contributed by atoms with Crippen LogP contribution in [0.3, 0.4) is 0 Å². The van der Waals surface area contributed by atoms with Crippen LogP contribution in [0.5, 0.6) is 0 Å². The molecule has 0 unspecified atom stereocenters. The van der Waals surface area contributed by atoms with Crippen LogP contribution in [-0.2, 0) is 20.4 Å². The maximum Gasteiger partial charge on any atom is 0.248 e. The molecule has 0 fully saturated rings. The van der Waals surface area contributed by atoms with Gasteiger partial charge in [0, 0.05) is 17.7 Å². The first-order valence-electron chi connectivity index (χ1n) is 7.71. The third-order valence-corrected chi connectivity index (χ3v) is 5.26. The van der Waals surface area contributed by atoms with Gasteiger partial charge in [0.1, 0.15) is 0 Å². The van der Waals surface area contributed by atoms with E-state index in [-0.39, 0.29) is 29.4 Å². The third-order valence-electron chi connectivity index (χ3n) is 3.66. The van der Waals surface area contributed by atoms with E-state index in [1.165, 1.54) is 12.1 Å². The van der Waals surface area contributed by atoms with Gasteiger partial charge < -0.3 is 11.1 Å². The fraction of sp³-hybridized carbons (Fsp3) is 0.222. The van der Waals surface area contributed by atoms with E-state index in [0.29, 0.717) is 11.3 Å². The average molecular weight is 360 g/mol. The van der Waals surface area contributed by atoms with Crippen molar-refractivity contribution < 1.29 is 18.0 Å². The number of nitrogens with two attached hydrogens (primary N) is 1. The predicted octanol–water partition coefficient (Wildman–Crippen LogP) is 2.04. The quantitative estimate of drug-likeness (QED) is 0.788. The second-order valence-electron chi connectivity index (χ2n) is 5.77. The fourth-order valence-electron chi connectivity index (χ4n) is 2.31. The van der Waals surface area contributed by atoms with Crippen LogP contribution in [-0.4, -0.2) is 26.0 Å². The second-order valence-corrected chi connectivity index (χ2v) is 7.95. The molecule has 0 aliphatic carbocycles. The highest BCUT2D eigenvalue weighted by atomic mass is 32.2. The minimum absolute atomic E-state index is 0.133. The molecule has 2 aromatic carbocycles. The highest BCUT2D eigenvalue weighted by Gasteiger charge is 2.16. The smallest absolute Gasteiger partial charge is 0.248 e. The van der Waals surface area contributed by atoms with Gasteiger partial charge in [-0.05, 0) is 36.2 Å². The molecule has 0 radical (unpaired) electrons. The number of aryl methyl sites for hydroxylation is 1. The molecule has 25 heavy (non-hydrogen) atoms. The molecular weight excluding hydrogens is 340 g/mol. The maximum absolute atomic E-state index is 12.2. The van der Waals surface area contributed by atoms with Crippen LogP contribution in [0.1, 0.15) is 27.9 Å². The van der Waals surface area contributed by atoms with Crippen molar-refractivity contribution >= 4 is 27.3 Å². The van der Waals surface area contributed by atoms with Crippen LogP contribution >= 0.6 is 0 Å². The topological polar surface area (TPSA) is 106 Å². The summed E-state index contributed by atoms with van der Waals surface area (Å²) in [5.74, 6) is -1.49. The summed E-state index contributed by atoms with van der Waals surface area (Å²) in [5.41, 5.74) is 7.48. The summed E-state index contributed by atoms with van der Waals surface area (Å²) in [6.45, 7) is 1.86.